The summed E-state index contributed by atoms with van der Waals surface area (Å²) in [6, 6.07) is 4.68. The number of carbonyl (C=O) groups excluding carboxylic acids is 1. The van der Waals surface area contributed by atoms with Crippen LogP contribution in [0.15, 0.2) is 23.1 Å². The van der Waals surface area contributed by atoms with Crippen molar-refractivity contribution in [3.63, 3.8) is 0 Å². The highest BCUT2D eigenvalue weighted by Gasteiger charge is 2.25. The number of anilines is 1. The summed E-state index contributed by atoms with van der Waals surface area (Å²) in [6.45, 7) is 0. The predicted octanol–water partition coefficient (Wildman–Crippen LogP) is 0.720. The average Bonchev–Trinajstić information content (AvgIpc) is 3.21. The van der Waals surface area contributed by atoms with Gasteiger partial charge in [0.2, 0.25) is 5.91 Å². The van der Waals surface area contributed by atoms with Gasteiger partial charge in [-0.25, -0.2) is 8.42 Å². The fourth-order valence-electron chi connectivity index (χ4n) is 1.78. The Hall–Kier alpha value is -1.76. The van der Waals surface area contributed by atoms with Crippen LogP contribution in [-0.4, -0.2) is 33.2 Å². The highest BCUT2D eigenvalue weighted by molar-refractivity contribution is 7.91. The Morgan fingerprint density at radius 1 is 1.45 bits per heavy atom. The van der Waals surface area contributed by atoms with E-state index >= 15 is 0 Å². The predicted molar refractivity (Wildman–Crippen MR) is 75.2 cm³/mol. The average molecular weight is 298 g/mol. The molecule has 1 fully saturated rings. The third kappa shape index (κ3) is 3.63. The highest BCUT2D eigenvalue weighted by Crippen LogP contribution is 2.25. The summed E-state index contributed by atoms with van der Waals surface area (Å²) < 4.78 is 29.4. The summed E-state index contributed by atoms with van der Waals surface area (Å²) in [5.41, 5.74) is 5.85. The largest absolute Gasteiger partial charge is 0.497 e. The lowest BCUT2D eigenvalue weighted by Gasteiger charge is -2.09. The van der Waals surface area contributed by atoms with Crippen LogP contribution in [0.1, 0.15) is 19.3 Å². The van der Waals surface area contributed by atoms with Crippen molar-refractivity contribution in [2.24, 2.45) is 0 Å². The molecule has 6 nitrogen and oxygen atoms in total. The first-order chi connectivity index (χ1) is 9.42. The van der Waals surface area contributed by atoms with Gasteiger partial charge in [0.15, 0.2) is 9.84 Å². The Balaban J connectivity index is 2.06. The summed E-state index contributed by atoms with van der Waals surface area (Å²) in [6.07, 6.45) is 1.89. The maximum atomic E-state index is 12.2. The van der Waals surface area contributed by atoms with Gasteiger partial charge in [-0.15, -0.1) is 0 Å². The van der Waals surface area contributed by atoms with E-state index in [0.29, 0.717) is 5.75 Å². The van der Waals surface area contributed by atoms with Crippen LogP contribution in [0, 0.1) is 0 Å². The molecule has 1 aliphatic rings. The maximum Gasteiger partial charge on any atom is 0.221 e. The van der Waals surface area contributed by atoms with Gasteiger partial charge < -0.3 is 15.8 Å². The van der Waals surface area contributed by atoms with Crippen LogP contribution in [0.3, 0.4) is 0 Å². The van der Waals surface area contributed by atoms with Gasteiger partial charge in [-0.3, -0.25) is 4.79 Å². The zero-order chi connectivity index (χ0) is 14.8. The van der Waals surface area contributed by atoms with E-state index < -0.39 is 9.84 Å². The van der Waals surface area contributed by atoms with E-state index in [9.17, 15) is 13.2 Å². The van der Waals surface area contributed by atoms with E-state index in [0.717, 1.165) is 12.8 Å². The van der Waals surface area contributed by atoms with E-state index in [1.54, 1.807) is 6.07 Å². The number of carbonyl (C=O) groups is 1. The Morgan fingerprint density at radius 3 is 2.75 bits per heavy atom. The van der Waals surface area contributed by atoms with E-state index in [2.05, 4.69) is 5.32 Å². The molecule has 0 bridgehead atoms. The monoisotopic (exact) mass is 298 g/mol. The number of rotatable bonds is 6. The van der Waals surface area contributed by atoms with E-state index in [1.807, 2.05) is 0 Å². The van der Waals surface area contributed by atoms with Crippen LogP contribution in [0.25, 0.3) is 0 Å². The summed E-state index contributed by atoms with van der Waals surface area (Å²) >= 11 is 0. The number of amides is 1. The zero-order valence-corrected chi connectivity index (χ0v) is 12.1. The molecule has 0 saturated heterocycles. The smallest absolute Gasteiger partial charge is 0.221 e. The van der Waals surface area contributed by atoms with Crippen molar-refractivity contribution < 1.29 is 17.9 Å². The van der Waals surface area contributed by atoms with Gasteiger partial charge in [-0.1, -0.05) is 0 Å². The van der Waals surface area contributed by atoms with Gasteiger partial charge in [0, 0.05) is 18.5 Å². The van der Waals surface area contributed by atoms with Crippen LogP contribution in [0.4, 0.5) is 5.69 Å². The molecule has 0 aliphatic heterocycles. The number of benzene rings is 1. The molecular formula is C13H18N2O4S. The lowest BCUT2D eigenvalue weighted by atomic mass is 10.3. The first-order valence-electron chi connectivity index (χ1n) is 6.38. The molecule has 1 aromatic carbocycles. The number of hydrogen-bond acceptors (Lipinski definition) is 5. The van der Waals surface area contributed by atoms with Gasteiger partial charge in [0.05, 0.1) is 23.4 Å². The summed E-state index contributed by atoms with van der Waals surface area (Å²) in [5, 5.41) is 2.76. The van der Waals surface area contributed by atoms with Crippen molar-refractivity contribution >= 4 is 21.4 Å². The summed E-state index contributed by atoms with van der Waals surface area (Å²) in [5.74, 6) is -0.0825. The number of hydrogen-bond donors (Lipinski definition) is 2. The summed E-state index contributed by atoms with van der Waals surface area (Å²) in [7, 11) is -2.15. The number of ether oxygens (including phenoxy) is 1. The topological polar surface area (TPSA) is 98.5 Å². The second-order valence-electron chi connectivity index (χ2n) is 4.81. The van der Waals surface area contributed by atoms with Crippen molar-refractivity contribution in [3.05, 3.63) is 18.2 Å². The number of nitrogens with one attached hydrogen (secondary N) is 1. The van der Waals surface area contributed by atoms with Gasteiger partial charge in [-0.05, 0) is 25.0 Å². The number of nitrogen functional groups attached to an aromatic ring is 1. The van der Waals surface area contributed by atoms with Crippen molar-refractivity contribution in [2.75, 3.05) is 18.6 Å². The van der Waals surface area contributed by atoms with Gasteiger partial charge in [0.1, 0.15) is 5.75 Å². The highest BCUT2D eigenvalue weighted by atomic mass is 32.2. The van der Waals surface area contributed by atoms with Crippen molar-refractivity contribution in [1.82, 2.24) is 5.32 Å². The Morgan fingerprint density at radius 2 is 2.15 bits per heavy atom. The van der Waals surface area contributed by atoms with Gasteiger partial charge >= 0.3 is 0 Å². The minimum atomic E-state index is -3.60. The molecule has 1 aromatic rings. The number of methoxy groups -OCH3 is 1. The molecule has 0 atom stereocenters. The van der Waals surface area contributed by atoms with Gasteiger partial charge in [-0.2, -0.15) is 0 Å². The zero-order valence-electron chi connectivity index (χ0n) is 11.3. The number of sulfone groups is 1. The third-order valence-corrected chi connectivity index (χ3v) is 4.86. The maximum absolute atomic E-state index is 12.2. The molecule has 110 valence electrons. The first kappa shape index (κ1) is 14.6. The van der Waals surface area contributed by atoms with Gasteiger partial charge in [0.25, 0.3) is 0 Å². The SMILES string of the molecule is COc1ccc(N)c(S(=O)(=O)CCC(=O)NC2CC2)c1. The second kappa shape index (κ2) is 5.70. The van der Waals surface area contributed by atoms with Crippen LogP contribution < -0.4 is 15.8 Å². The van der Waals surface area contributed by atoms with E-state index in [1.165, 1.54) is 19.2 Å². The molecule has 1 saturated carbocycles. The molecule has 0 unspecified atom stereocenters. The molecule has 3 N–H and O–H groups in total. The Bertz CT molecular complexity index is 609. The quantitative estimate of drug-likeness (QED) is 0.754. The van der Waals surface area contributed by atoms with Crippen LogP contribution >= 0.6 is 0 Å². The second-order valence-corrected chi connectivity index (χ2v) is 6.89. The Labute approximate surface area is 118 Å². The lowest BCUT2D eigenvalue weighted by Crippen LogP contribution is -2.27. The van der Waals surface area contributed by atoms with E-state index in [-0.39, 0.29) is 34.7 Å². The van der Waals surface area contributed by atoms with Crippen molar-refractivity contribution in [2.45, 2.75) is 30.2 Å². The van der Waals surface area contributed by atoms with Crippen LogP contribution in [0.5, 0.6) is 5.75 Å². The lowest BCUT2D eigenvalue weighted by molar-refractivity contribution is -0.120. The normalized spacial score (nSPS) is 14.8. The van der Waals surface area contributed by atoms with Crippen molar-refractivity contribution in [1.29, 1.82) is 0 Å². The molecule has 0 heterocycles. The minimum absolute atomic E-state index is 0.0103. The molecule has 0 radical (unpaired) electrons. The molecule has 2 rings (SSSR count). The molecule has 1 aliphatic carbocycles. The molecular weight excluding hydrogens is 280 g/mol. The fraction of sp³-hybridized carbons (Fsp3) is 0.462. The first-order valence-corrected chi connectivity index (χ1v) is 8.03. The van der Waals surface area contributed by atoms with Crippen LogP contribution in [-0.2, 0) is 14.6 Å². The molecule has 20 heavy (non-hydrogen) atoms. The molecule has 1 amide bonds. The minimum Gasteiger partial charge on any atom is -0.497 e. The summed E-state index contributed by atoms with van der Waals surface area (Å²) in [4.78, 5) is 11.6. The third-order valence-electron chi connectivity index (χ3n) is 3.10. The fourth-order valence-corrected chi connectivity index (χ4v) is 3.17. The molecule has 7 heteroatoms. The van der Waals surface area contributed by atoms with E-state index in [4.69, 9.17) is 10.5 Å². The standard InChI is InChI=1S/C13H18N2O4S/c1-19-10-4-5-11(14)12(8-10)20(17,18)7-6-13(16)15-9-2-3-9/h4-5,8-9H,2-3,6-7,14H2,1H3,(H,15,16). The molecule has 0 aromatic heterocycles. The molecule has 0 spiro atoms. The van der Waals surface area contributed by atoms with Crippen LogP contribution in [0.2, 0.25) is 0 Å². The van der Waals surface area contributed by atoms with Crippen molar-refractivity contribution in [3.8, 4) is 5.75 Å². The Kier molecular flexibility index (Phi) is 4.17. The number of nitrogens with two attached hydrogens (primary N) is 1.